The molecule has 1 fully saturated rings. The van der Waals surface area contributed by atoms with E-state index in [1.54, 1.807) is 0 Å². The van der Waals surface area contributed by atoms with E-state index in [4.69, 9.17) is 0 Å². The van der Waals surface area contributed by atoms with Gasteiger partial charge in [-0.2, -0.15) is 12.6 Å². The summed E-state index contributed by atoms with van der Waals surface area (Å²) in [6.45, 7) is 6.33. The largest absolute Gasteiger partial charge is 0.304 e. The zero-order valence-corrected chi connectivity index (χ0v) is 10.3. The van der Waals surface area contributed by atoms with Crippen LogP contribution in [-0.4, -0.2) is 55.3 Å². The van der Waals surface area contributed by atoms with Gasteiger partial charge in [0.25, 0.3) is 0 Å². The monoisotopic (exact) mass is 216 g/mol. The number of hydrogen-bond donors (Lipinski definition) is 1. The van der Waals surface area contributed by atoms with Crippen LogP contribution in [0.15, 0.2) is 0 Å². The Kier molecular flexibility index (Phi) is 6.65. The van der Waals surface area contributed by atoms with E-state index >= 15 is 0 Å². The highest BCUT2D eigenvalue weighted by atomic mass is 32.1. The summed E-state index contributed by atoms with van der Waals surface area (Å²) in [4.78, 5) is 5.01. The normalized spacial score (nSPS) is 20.1. The molecule has 0 bridgehead atoms. The van der Waals surface area contributed by atoms with Crippen LogP contribution in [-0.2, 0) is 0 Å². The number of unbranched alkanes of at least 4 members (excludes halogenated alkanes) is 3. The first kappa shape index (κ1) is 12.3. The molecule has 0 unspecified atom stereocenters. The molecular formula is C11H24N2S. The van der Waals surface area contributed by atoms with E-state index < -0.39 is 0 Å². The minimum atomic E-state index is 1.05. The molecule has 0 aliphatic carbocycles. The number of hydrogen-bond acceptors (Lipinski definition) is 3. The van der Waals surface area contributed by atoms with E-state index in [1.165, 1.54) is 58.4 Å². The molecule has 0 radical (unpaired) electrons. The molecule has 0 amide bonds. The van der Waals surface area contributed by atoms with Crippen molar-refractivity contribution in [3.8, 4) is 0 Å². The Morgan fingerprint density at radius 3 is 2.21 bits per heavy atom. The SMILES string of the molecule is CN1CCN(CCCCCCS)CC1. The summed E-state index contributed by atoms with van der Waals surface area (Å²) in [5, 5.41) is 0. The van der Waals surface area contributed by atoms with Crippen molar-refractivity contribution in [3.63, 3.8) is 0 Å². The van der Waals surface area contributed by atoms with Crippen molar-refractivity contribution in [3.05, 3.63) is 0 Å². The molecule has 0 spiro atoms. The van der Waals surface area contributed by atoms with E-state index in [-0.39, 0.29) is 0 Å². The van der Waals surface area contributed by atoms with Crippen LogP contribution in [0.3, 0.4) is 0 Å². The molecule has 1 aliphatic rings. The number of rotatable bonds is 6. The van der Waals surface area contributed by atoms with Crippen molar-refractivity contribution in [2.75, 3.05) is 45.5 Å². The first-order valence-electron chi connectivity index (χ1n) is 5.84. The Bertz CT molecular complexity index is 133. The smallest absolute Gasteiger partial charge is 0.0110 e. The third-order valence-electron chi connectivity index (χ3n) is 2.98. The number of piperazine rings is 1. The van der Waals surface area contributed by atoms with Crippen molar-refractivity contribution >= 4 is 12.6 Å². The van der Waals surface area contributed by atoms with E-state index in [0.29, 0.717) is 0 Å². The molecule has 1 rings (SSSR count). The van der Waals surface area contributed by atoms with Crippen molar-refractivity contribution in [1.82, 2.24) is 9.80 Å². The van der Waals surface area contributed by atoms with Gasteiger partial charge in [-0.05, 0) is 32.2 Å². The molecule has 1 saturated heterocycles. The van der Waals surface area contributed by atoms with Crippen LogP contribution in [0.4, 0.5) is 0 Å². The molecule has 0 aromatic rings. The van der Waals surface area contributed by atoms with Crippen molar-refractivity contribution in [2.45, 2.75) is 25.7 Å². The van der Waals surface area contributed by atoms with Gasteiger partial charge < -0.3 is 9.80 Å². The minimum absolute atomic E-state index is 1.05. The van der Waals surface area contributed by atoms with Gasteiger partial charge in [0, 0.05) is 26.2 Å². The molecule has 2 nitrogen and oxygen atoms in total. The molecule has 0 atom stereocenters. The van der Waals surface area contributed by atoms with Crippen LogP contribution in [0, 0.1) is 0 Å². The van der Waals surface area contributed by atoms with Gasteiger partial charge in [0.1, 0.15) is 0 Å². The fourth-order valence-corrected chi connectivity index (χ4v) is 2.10. The van der Waals surface area contributed by atoms with Crippen LogP contribution in [0.2, 0.25) is 0 Å². The Balaban J connectivity index is 1.91. The van der Waals surface area contributed by atoms with Crippen LogP contribution in [0.25, 0.3) is 0 Å². The van der Waals surface area contributed by atoms with Gasteiger partial charge in [0.2, 0.25) is 0 Å². The highest BCUT2D eigenvalue weighted by Gasteiger charge is 2.12. The number of nitrogens with zero attached hydrogens (tertiary/aromatic N) is 2. The van der Waals surface area contributed by atoms with Gasteiger partial charge >= 0.3 is 0 Å². The maximum Gasteiger partial charge on any atom is 0.0110 e. The molecule has 1 aliphatic heterocycles. The van der Waals surface area contributed by atoms with Crippen molar-refractivity contribution in [2.24, 2.45) is 0 Å². The first-order chi connectivity index (χ1) is 6.83. The lowest BCUT2D eigenvalue weighted by molar-refractivity contribution is 0.152. The molecule has 1 heterocycles. The van der Waals surface area contributed by atoms with Gasteiger partial charge in [-0.15, -0.1) is 0 Å². The van der Waals surface area contributed by atoms with Gasteiger partial charge in [-0.3, -0.25) is 0 Å². The van der Waals surface area contributed by atoms with E-state index in [0.717, 1.165) is 5.75 Å². The molecule has 0 N–H and O–H groups in total. The third-order valence-corrected chi connectivity index (χ3v) is 3.29. The standard InChI is InChI=1S/C11H24N2S/c1-12-7-9-13(10-8-12)6-4-2-3-5-11-14/h14H,2-11H2,1H3. The third kappa shape index (κ3) is 5.23. The molecular weight excluding hydrogens is 192 g/mol. The summed E-state index contributed by atoms with van der Waals surface area (Å²) in [6.07, 6.45) is 5.40. The van der Waals surface area contributed by atoms with Gasteiger partial charge in [-0.1, -0.05) is 12.8 Å². The summed E-state index contributed by atoms with van der Waals surface area (Å²) < 4.78 is 0. The van der Waals surface area contributed by atoms with Crippen LogP contribution < -0.4 is 0 Å². The highest BCUT2D eigenvalue weighted by molar-refractivity contribution is 7.80. The fraction of sp³-hybridized carbons (Fsp3) is 1.00. The molecule has 0 saturated carbocycles. The lowest BCUT2D eigenvalue weighted by Gasteiger charge is -2.32. The summed E-state index contributed by atoms with van der Waals surface area (Å²) in [5.74, 6) is 1.05. The quantitative estimate of drug-likeness (QED) is 0.533. The Morgan fingerprint density at radius 2 is 1.57 bits per heavy atom. The first-order valence-corrected chi connectivity index (χ1v) is 6.48. The Morgan fingerprint density at radius 1 is 0.929 bits per heavy atom. The number of likely N-dealkylation sites (N-methyl/N-ethyl adjacent to an activating group) is 1. The van der Waals surface area contributed by atoms with E-state index in [1.807, 2.05) is 0 Å². The summed E-state index contributed by atoms with van der Waals surface area (Å²) in [7, 11) is 2.21. The second-order valence-electron chi connectivity index (χ2n) is 4.28. The van der Waals surface area contributed by atoms with Crippen molar-refractivity contribution < 1.29 is 0 Å². The summed E-state index contributed by atoms with van der Waals surface area (Å²) in [6, 6.07) is 0. The lowest BCUT2D eigenvalue weighted by atomic mass is 10.2. The zero-order valence-electron chi connectivity index (χ0n) is 9.41. The minimum Gasteiger partial charge on any atom is -0.304 e. The average molecular weight is 216 g/mol. The van der Waals surface area contributed by atoms with E-state index in [9.17, 15) is 0 Å². The van der Waals surface area contributed by atoms with Gasteiger partial charge in [-0.25, -0.2) is 0 Å². The van der Waals surface area contributed by atoms with Crippen LogP contribution in [0.5, 0.6) is 0 Å². The predicted octanol–water partition coefficient (Wildman–Crippen LogP) is 1.72. The Labute approximate surface area is 94.1 Å². The van der Waals surface area contributed by atoms with Gasteiger partial charge in [0.15, 0.2) is 0 Å². The second-order valence-corrected chi connectivity index (χ2v) is 4.73. The zero-order chi connectivity index (χ0) is 10.2. The lowest BCUT2D eigenvalue weighted by Crippen LogP contribution is -2.44. The molecule has 0 aromatic carbocycles. The summed E-state index contributed by atoms with van der Waals surface area (Å²) >= 11 is 4.22. The maximum absolute atomic E-state index is 4.22. The highest BCUT2D eigenvalue weighted by Crippen LogP contribution is 2.05. The Hall–Kier alpha value is 0.270. The van der Waals surface area contributed by atoms with Gasteiger partial charge in [0.05, 0.1) is 0 Å². The maximum atomic E-state index is 4.22. The molecule has 0 aromatic heterocycles. The van der Waals surface area contributed by atoms with Crippen molar-refractivity contribution in [1.29, 1.82) is 0 Å². The molecule has 3 heteroatoms. The van der Waals surface area contributed by atoms with E-state index in [2.05, 4.69) is 29.5 Å². The average Bonchev–Trinajstić information content (AvgIpc) is 2.21. The number of thiol groups is 1. The van der Waals surface area contributed by atoms with Crippen LogP contribution >= 0.6 is 12.6 Å². The topological polar surface area (TPSA) is 6.48 Å². The summed E-state index contributed by atoms with van der Waals surface area (Å²) in [5.41, 5.74) is 0. The second kappa shape index (κ2) is 7.55. The predicted molar refractivity (Wildman–Crippen MR) is 66.3 cm³/mol. The molecule has 84 valence electrons. The van der Waals surface area contributed by atoms with Crippen LogP contribution in [0.1, 0.15) is 25.7 Å². The fourth-order valence-electron chi connectivity index (χ4n) is 1.87. The molecule has 14 heavy (non-hydrogen) atoms.